The normalized spacial score (nSPS) is 31.5. The highest BCUT2D eigenvalue weighted by atomic mass is 32.3. The molecule has 1 aliphatic rings. The predicted molar refractivity (Wildman–Crippen MR) is 49.4 cm³/mol. The molecule has 1 rings (SSSR count). The molecule has 0 aromatic carbocycles. The van der Waals surface area contributed by atoms with Crippen molar-refractivity contribution in [3.8, 4) is 0 Å². The van der Waals surface area contributed by atoms with Crippen molar-refractivity contribution in [1.29, 1.82) is 0 Å². The monoisotopic (exact) mass is 280 g/mol. The van der Waals surface area contributed by atoms with Gasteiger partial charge in [-0.2, -0.15) is 21.6 Å². The minimum atomic E-state index is -4.99. The van der Waals surface area contributed by atoms with E-state index in [9.17, 15) is 26.0 Å². The molecule has 0 amide bonds. The van der Waals surface area contributed by atoms with Crippen LogP contribution in [0.5, 0.6) is 0 Å². The van der Waals surface area contributed by atoms with Gasteiger partial charge in [-0.05, 0) is 25.7 Å². The lowest BCUT2D eigenvalue weighted by atomic mass is 9.81. The molecule has 0 heterocycles. The third-order valence-electron chi connectivity index (χ3n) is 2.63. The van der Waals surface area contributed by atoms with E-state index in [1.807, 2.05) is 0 Å². The van der Waals surface area contributed by atoms with Gasteiger partial charge in [-0.25, -0.2) is 8.57 Å². The summed E-state index contributed by atoms with van der Waals surface area (Å²) in [6, 6.07) is 0. The van der Waals surface area contributed by atoms with Gasteiger partial charge in [0.1, 0.15) is 6.17 Å². The summed E-state index contributed by atoms with van der Waals surface area (Å²) in [5, 5.41) is 0. The van der Waals surface area contributed by atoms with Crippen molar-refractivity contribution in [3.05, 3.63) is 0 Å². The first-order chi connectivity index (χ1) is 7.52. The molecule has 9 heteroatoms. The lowest BCUT2D eigenvalue weighted by Gasteiger charge is -2.36. The standard InChI is InChI=1S/C8H12F4O4S/c9-6-1-3-7(4-2-6,5-8(10,11)12)16-17(13,14)15/h6H,1-5H2,(H,13,14,15). The summed E-state index contributed by atoms with van der Waals surface area (Å²) >= 11 is 0. The van der Waals surface area contributed by atoms with Gasteiger partial charge in [0.2, 0.25) is 0 Å². The van der Waals surface area contributed by atoms with Crippen molar-refractivity contribution in [1.82, 2.24) is 0 Å². The van der Waals surface area contributed by atoms with Crippen LogP contribution in [0.1, 0.15) is 32.1 Å². The Labute approximate surface area is 95.9 Å². The van der Waals surface area contributed by atoms with E-state index < -0.39 is 47.6 Å². The van der Waals surface area contributed by atoms with Crippen LogP contribution in [-0.4, -0.2) is 30.9 Å². The molecular formula is C8H12F4O4S. The topological polar surface area (TPSA) is 63.6 Å². The van der Waals surface area contributed by atoms with E-state index in [-0.39, 0.29) is 12.8 Å². The number of alkyl halides is 4. The maximum absolute atomic E-state index is 12.8. The summed E-state index contributed by atoms with van der Waals surface area (Å²) in [6.45, 7) is 0. The maximum atomic E-state index is 12.8. The largest absolute Gasteiger partial charge is 0.397 e. The zero-order valence-corrected chi connectivity index (χ0v) is 9.52. The number of halogens is 4. The SMILES string of the molecule is O=S(=O)(O)OC1(CC(F)(F)F)CCC(F)CC1. The minimum Gasteiger partial charge on any atom is -0.264 e. The van der Waals surface area contributed by atoms with Crippen molar-refractivity contribution in [2.24, 2.45) is 0 Å². The molecular weight excluding hydrogens is 268 g/mol. The Morgan fingerprint density at radius 3 is 2.12 bits per heavy atom. The number of hydrogen-bond donors (Lipinski definition) is 1. The molecule has 1 aliphatic carbocycles. The first kappa shape index (κ1) is 14.7. The lowest BCUT2D eigenvalue weighted by molar-refractivity contribution is -0.177. The molecule has 1 saturated carbocycles. The fourth-order valence-corrected chi connectivity index (χ4v) is 2.66. The molecule has 1 fully saturated rings. The molecule has 0 aromatic heterocycles. The molecule has 0 radical (unpaired) electrons. The first-order valence-electron chi connectivity index (χ1n) is 4.90. The molecule has 0 atom stereocenters. The molecule has 4 nitrogen and oxygen atoms in total. The van der Waals surface area contributed by atoms with Crippen LogP contribution in [0.3, 0.4) is 0 Å². The molecule has 0 unspecified atom stereocenters. The summed E-state index contributed by atoms with van der Waals surface area (Å²) in [7, 11) is -4.99. The van der Waals surface area contributed by atoms with Crippen molar-refractivity contribution in [3.63, 3.8) is 0 Å². The fourth-order valence-electron chi connectivity index (χ4n) is 1.99. The third-order valence-corrected chi connectivity index (χ3v) is 3.20. The Hall–Kier alpha value is -0.410. The molecule has 17 heavy (non-hydrogen) atoms. The van der Waals surface area contributed by atoms with Crippen LogP contribution >= 0.6 is 0 Å². The van der Waals surface area contributed by atoms with E-state index >= 15 is 0 Å². The van der Waals surface area contributed by atoms with Crippen LogP contribution in [0, 0.1) is 0 Å². The van der Waals surface area contributed by atoms with Crippen LogP contribution in [-0.2, 0) is 14.6 Å². The maximum Gasteiger partial charge on any atom is 0.397 e. The minimum absolute atomic E-state index is 0.217. The second-order valence-electron chi connectivity index (χ2n) is 4.16. The molecule has 0 aromatic rings. The fraction of sp³-hybridized carbons (Fsp3) is 1.00. The Morgan fingerprint density at radius 1 is 1.29 bits per heavy atom. The average molecular weight is 280 g/mol. The van der Waals surface area contributed by atoms with E-state index in [4.69, 9.17) is 4.55 Å². The van der Waals surface area contributed by atoms with Crippen LogP contribution in [0.4, 0.5) is 17.6 Å². The second-order valence-corrected chi connectivity index (χ2v) is 5.18. The van der Waals surface area contributed by atoms with Crippen molar-refractivity contribution >= 4 is 10.4 Å². The molecule has 0 saturated heterocycles. The highest BCUT2D eigenvalue weighted by Gasteiger charge is 2.48. The van der Waals surface area contributed by atoms with Crippen LogP contribution in [0.15, 0.2) is 0 Å². The quantitative estimate of drug-likeness (QED) is 0.637. The van der Waals surface area contributed by atoms with Gasteiger partial charge in [-0.15, -0.1) is 0 Å². The second kappa shape index (κ2) is 4.69. The molecule has 0 spiro atoms. The summed E-state index contributed by atoms with van der Waals surface area (Å²) in [4.78, 5) is 0. The van der Waals surface area contributed by atoms with Crippen LogP contribution in [0.25, 0.3) is 0 Å². The Kier molecular flexibility index (Phi) is 4.04. The van der Waals surface area contributed by atoms with Gasteiger partial charge in [-0.3, -0.25) is 4.55 Å². The first-order valence-corrected chi connectivity index (χ1v) is 6.27. The zero-order valence-electron chi connectivity index (χ0n) is 8.70. The Bertz CT molecular complexity index is 356. The Balaban J connectivity index is 2.85. The van der Waals surface area contributed by atoms with Gasteiger partial charge in [0, 0.05) is 0 Å². The summed E-state index contributed by atoms with van der Waals surface area (Å²) in [5.41, 5.74) is -2.07. The predicted octanol–water partition coefficient (Wildman–Crippen LogP) is 2.41. The number of rotatable bonds is 3. The van der Waals surface area contributed by atoms with Gasteiger partial charge in [0.05, 0.1) is 12.0 Å². The van der Waals surface area contributed by atoms with E-state index in [1.54, 1.807) is 0 Å². The van der Waals surface area contributed by atoms with Crippen LogP contribution in [0.2, 0.25) is 0 Å². The Morgan fingerprint density at radius 2 is 1.76 bits per heavy atom. The average Bonchev–Trinajstić information content (AvgIpc) is 2.04. The van der Waals surface area contributed by atoms with Crippen molar-refractivity contribution in [2.45, 2.75) is 50.1 Å². The highest BCUT2D eigenvalue weighted by molar-refractivity contribution is 7.80. The summed E-state index contributed by atoms with van der Waals surface area (Å²) < 4.78 is 83.5. The van der Waals surface area contributed by atoms with Gasteiger partial charge in [0.15, 0.2) is 0 Å². The van der Waals surface area contributed by atoms with E-state index in [2.05, 4.69) is 4.18 Å². The van der Waals surface area contributed by atoms with E-state index in [0.29, 0.717) is 0 Å². The number of hydrogen-bond acceptors (Lipinski definition) is 3. The summed E-state index contributed by atoms with van der Waals surface area (Å²) in [5.74, 6) is 0. The lowest BCUT2D eigenvalue weighted by Crippen LogP contribution is -2.43. The van der Waals surface area contributed by atoms with Gasteiger partial charge in [-0.1, -0.05) is 0 Å². The van der Waals surface area contributed by atoms with Gasteiger partial charge < -0.3 is 0 Å². The van der Waals surface area contributed by atoms with Gasteiger partial charge in [0.25, 0.3) is 0 Å². The van der Waals surface area contributed by atoms with E-state index in [1.165, 1.54) is 0 Å². The van der Waals surface area contributed by atoms with E-state index in [0.717, 1.165) is 0 Å². The van der Waals surface area contributed by atoms with Gasteiger partial charge >= 0.3 is 16.6 Å². The zero-order chi connectivity index (χ0) is 13.3. The smallest absolute Gasteiger partial charge is 0.264 e. The molecule has 0 aliphatic heterocycles. The van der Waals surface area contributed by atoms with Crippen LogP contribution < -0.4 is 0 Å². The van der Waals surface area contributed by atoms with Crippen molar-refractivity contribution in [2.75, 3.05) is 0 Å². The highest BCUT2D eigenvalue weighted by Crippen LogP contribution is 2.41. The van der Waals surface area contributed by atoms with Crippen molar-refractivity contribution < 1.29 is 34.7 Å². The molecule has 1 N–H and O–H groups in total. The third kappa shape index (κ3) is 5.17. The summed E-state index contributed by atoms with van der Waals surface area (Å²) in [6.07, 6.45) is -8.65. The molecule has 0 bridgehead atoms. The molecule has 102 valence electrons.